The Kier molecular flexibility index (Phi) is 4.06. The van der Waals surface area contributed by atoms with Crippen molar-refractivity contribution >= 4 is 21.8 Å². The van der Waals surface area contributed by atoms with E-state index in [-0.39, 0.29) is 5.91 Å². The Labute approximate surface area is 82.2 Å². The van der Waals surface area contributed by atoms with E-state index < -0.39 is 0 Å². The summed E-state index contributed by atoms with van der Waals surface area (Å²) in [5.41, 5.74) is 0. The number of hydrogen-bond donors (Lipinski definition) is 1. The number of amides is 1. The molecule has 0 aromatic rings. The largest absolute Gasteiger partial charge is 0.352 e. The molecule has 1 saturated carbocycles. The van der Waals surface area contributed by atoms with E-state index in [9.17, 15) is 4.79 Å². The maximum absolute atomic E-state index is 11.2. The summed E-state index contributed by atoms with van der Waals surface area (Å²) in [7, 11) is 0. The Balaban J connectivity index is 2.25. The molecule has 70 valence electrons. The molecule has 0 spiro atoms. The lowest BCUT2D eigenvalue weighted by atomic mass is 10.2. The third kappa shape index (κ3) is 2.77. The standard InChI is InChI=1S/C9H16BrNO/c1-2-4-9(12)11-8-6-3-5-7(8)10/h7-8H,2-6H2,1H3,(H,11,12). The monoisotopic (exact) mass is 233 g/mol. The van der Waals surface area contributed by atoms with Crippen molar-refractivity contribution in [1.82, 2.24) is 5.32 Å². The first-order chi connectivity index (χ1) is 5.74. The van der Waals surface area contributed by atoms with Gasteiger partial charge in [0, 0.05) is 17.3 Å². The molecule has 1 rings (SSSR count). The number of nitrogens with one attached hydrogen (secondary N) is 1. The van der Waals surface area contributed by atoms with Gasteiger partial charge in [-0.2, -0.15) is 0 Å². The molecule has 2 unspecified atom stereocenters. The molecule has 1 aliphatic carbocycles. The van der Waals surface area contributed by atoms with Crippen molar-refractivity contribution in [3.8, 4) is 0 Å². The summed E-state index contributed by atoms with van der Waals surface area (Å²) < 4.78 is 0. The van der Waals surface area contributed by atoms with Gasteiger partial charge in [0.2, 0.25) is 5.91 Å². The number of carbonyl (C=O) groups is 1. The molecule has 3 heteroatoms. The van der Waals surface area contributed by atoms with E-state index in [1.165, 1.54) is 12.8 Å². The van der Waals surface area contributed by atoms with Crippen molar-refractivity contribution in [1.29, 1.82) is 0 Å². The Bertz CT molecular complexity index is 161. The molecule has 1 aliphatic rings. The minimum absolute atomic E-state index is 0.203. The van der Waals surface area contributed by atoms with Crippen LogP contribution in [0.15, 0.2) is 0 Å². The highest BCUT2D eigenvalue weighted by atomic mass is 79.9. The van der Waals surface area contributed by atoms with E-state index in [0.717, 1.165) is 12.8 Å². The van der Waals surface area contributed by atoms with Crippen molar-refractivity contribution in [2.45, 2.75) is 49.9 Å². The smallest absolute Gasteiger partial charge is 0.220 e. The van der Waals surface area contributed by atoms with Crippen LogP contribution in [0.4, 0.5) is 0 Å². The zero-order valence-electron chi connectivity index (χ0n) is 7.48. The summed E-state index contributed by atoms with van der Waals surface area (Å²) in [6, 6.07) is 0.379. The van der Waals surface area contributed by atoms with Gasteiger partial charge >= 0.3 is 0 Å². The van der Waals surface area contributed by atoms with E-state index in [2.05, 4.69) is 21.2 Å². The minimum Gasteiger partial charge on any atom is -0.352 e. The lowest BCUT2D eigenvalue weighted by molar-refractivity contribution is -0.121. The fourth-order valence-electron chi connectivity index (χ4n) is 1.58. The fourth-order valence-corrected chi connectivity index (χ4v) is 2.30. The SMILES string of the molecule is CCCC(=O)NC1CCCC1Br. The van der Waals surface area contributed by atoms with Crippen molar-refractivity contribution < 1.29 is 4.79 Å². The number of rotatable bonds is 3. The zero-order valence-corrected chi connectivity index (χ0v) is 9.06. The van der Waals surface area contributed by atoms with Crippen LogP contribution in [0.5, 0.6) is 0 Å². The van der Waals surface area contributed by atoms with Gasteiger partial charge in [0.15, 0.2) is 0 Å². The second-order valence-electron chi connectivity index (χ2n) is 3.37. The molecule has 0 aliphatic heterocycles. The predicted octanol–water partition coefficient (Wildman–Crippen LogP) is 2.22. The van der Waals surface area contributed by atoms with Crippen LogP contribution in [0.2, 0.25) is 0 Å². The first kappa shape index (κ1) is 10.0. The second-order valence-corrected chi connectivity index (χ2v) is 4.55. The van der Waals surface area contributed by atoms with Crippen LogP contribution in [-0.4, -0.2) is 16.8 Å². The van der Waals surface area contributed by atoms with Crippen LogP contribution in [0.25, 0.3) is 0 Å². The Morgan fingerprint density at radius 2 is 2.33 bits per heavy atom. The van der Waals surface area contributed by atoms with E-state index in [1.54, 1.807) is 0 Å². The number of halogens is 1. The van der Waals surface area contributed by atoms with Crippen molar-refractivity contribution in [2.75, 3.05) is 0 Å². The second kappa shape index (κ2) is 4.85. The van der Waals surface area contributed by atoms with Crippen molar-refractivity contribution in [3.63, 3.8) is 0 Å². The lowest BCUT2D eigenvalue weighted by Crippen LogP contribution is -2.37. The first-order valence-electron chi connectivity index (χ1n) is 4.67. The molecular formula is C9H16BrNO. The normalized spacial score (nSPS) is 28.8. The summed E-state index contributed by atoms with van der Waals surface area (Å²) in [5, 5.41) is 3.04. The fraction of sp³-hybridized carbons (Fsp3) is 0.889. The molecule has 2 atom stereocenters. The molecule has 2 nitrogen and oxygen atoms in total. The predicted molar refractivity (Wildman–Crippen MR) is 53.4 cm³/mol. The van der Waals surface area contributed by atoms with Crippen molar-refractivity contribution in [2.24, 2.45) is 0 Å². The van der Waals surface area contributed by atoms with E-state index in [4.69, 9.17) is 0 Å². The van der Waals surface area contributed by atoms with E-state index in [0.29, 0.717) is 17.3 Å². The van der Waals surface area contributed by atoms with Gasteiger partial charge in [-0.3, -0.25) is 4.79 Å². The van der Waals surface area contributed by atoms with Crippen LogP contribution >= 0.6 is 15.9 Å². The molecule has 0 aromatic heterocycles. The molecule has 0 saturated heterocycles. The minimum atomic E-state index is 0.203. The van der Waals surface area contributed by atoms with Gasteiger partial charge in [-0.1, -0.05) is 29.3 Å². The molecule has 0 heterocycles. The molecule has 1 N–H and O–H groups in total. The third-order valence-electron chi connectivity index (χ3n) is 2.26. The van der Waals surface area contributed by atoms with Gasteiger partial charge in [-0.25, -0.2) is 0 Å². The molecule has 1 fully saturated rings. The summed E-state index contributed by atoms with van der Waals surface area (Å²) in [5.74, 6) is 0.203. The van der Waals surface area contributed by atoms with Gasteiger partial charge in [0.25, 0.3) is 0 Å². The van der Waals surface area contributed by atoms with Gasteiger partial charge in [-0.05, 0) is 19.3 Å². The van der Waals surface area contributed by atoms with Crippen LogP contribution < -0.4 is 5.32 Å². The van der Waals surface area contributed by atoms with Gasteiger partial charge in [-0.15, -0.1) is 0 Å². The van der Waals surface area contributed by atoms with Crippen LogP contribution in [0, 0.1) is 0 Å². The molecule has 12 heavy (non-hydrogen) atoms. The molecule has 0 radical (unpaired) electrons. The number of hydrogen-bond acceptors (Lipinski definition) is 1. The average molecular weight is 234 g/mol. The summed E-state index contributed by atoms with van der Waals surface area (Å²) in [6.07, 6.45) is 5.15. The molecular weight excluding hydrogens is 218 g/mol. The van der Waals surface area contributed by atoms with Gasteiger partial charge in [0.05, 0.1) is 0 Å². The highest BCUT2D eigenvalue weighted by Crippen LogP contribution is 2.25. The van der Waals surface area contributed by atoms with Crippen LogP contribution in [0.3, 0.4) is 0 Å². The summed E-state index contributed by atoms with van der Waals surface area (Å²) >= 11 is 3.57. The summed E-state index contributed by atoms with van der Waals surface area (Å²) in [6.45, 7) is 2.03. The molecule has 1 amide bonds. The zero-order chi connectivity index (χ0) is 8.97. The van der Waals surface area contributed by atoms with E-state index in [1.807, 2.05) is 6.92 Å². The third-order valence-corrected chi connectivity index (χ3v) is 3.35. The topological polar surface area (TPSA) is 29.1 Å². The number of carbonyl (C=O) groups excluding carboxylic acids is 1. The first-order valence-corrected chi connectivity index (χ1v) is 5.59. The molecule has 0 aromatic carbocycles. The lowest BCUT2D eigenvalue weighted by Gasteiger charge is -2.15. The maximum Gasteiger partial charge on any atom is 0.220 e. The highest BCUT2D eigenvalue weighted by Gasteiger charge is 2.25. The highest BCUT2D eigenvalue weighted by molar-refractivity contribution is 9.09. The maximum atomic E-state index is 11.2. The Morgan fingerprint density at radius 3 is 2.83 bits per heavy atom. The molecule has 0 bridgehead atoms. The number of alkyl halides is 1. The van der Waals surface area contributed by atoms with Gasteiger partial charge in [0.1, 0.15) is 0 Å². The quantitative estimate of drug-likeness (QED) is 0.745. The average Bonchev–Trinajstić information content (AvgIpc) is 2.37. The van der Waals surface area contributed by atoms with Crippen LogP contribution in [-0.2, 0) is 4.79 Å². The van der Waals surface area contributed by atoms with Gasteiger partial charge < -0.3 is 5.32 Å². The van der Waals surface area contributed by atoms with E-state index >= 15 is 0 Å². The summed E-state index contributed by atoms with van der Waals surface area (Å²) in [4.78, 5) is 11.7. The van der Waals surface area contributed by atoms with Crippen molar-refractivity contribution in [3.05, 3.63) is 0 Å². The Hall–Kier alpha value is -0.0500. The Morgan fingerprint density at radius 1 is 1.58 bits per heavy atom. The van der Waals surface area contributed by atoms with Crippen LogP contribution in [0.1, 0.15) is 39.0 Å².